The summed E-state index contributed by atoms with van der Waals surface area (Å²) in [5.74, 6) is -0.711. The van der Waals surface area contributed by atoms with Crippen LogP contribution in [0, 0.1) is 18.2 Å². The van der Waals surface area contributed by atoms with Crippen molar-refractivity contribution >= 4 is 5.78 Å². The van der Waals surface area contributed by atoms with Gasteiger partial charge in [-0.15, -0.1) is 0 Å². The van der Waals surface area contributed by atoms with Crippen molar-refractivity contribution in [3.05, 3.63) is 35.1 Å². The van der Waals surface area contributed by atoms with E-state index in [0.29, 0.717) is 11.1 Å². The van der Waals surface area contributed by atoms with Crippen LogP contribution in [0.15, 0.2) is 18.2 Å². The fraction of sp³-hybridized carbons (Fsp3) is 0.462. The topological polar surface area (TPSA) is 37.3 Å². The third-order valence-corrected chi connectivity index (χ3v) is 2.51. The van der Waals surface area contributed by atoms with Gasteiger partial charge in [-0.25, -0.2) is 4.39 Å². The molecule has 1 unspecified atom stereocenters. The standard InChI is InChI=1S/C13H17FO2/c1-8-7-9(5-6-10(8)14)11(15)12(16)13(2,3)4/h5-7,12,16H,1-4H3. The Morgan fingerprint density at radius 1 is 1.38 bits per heavy atom. The molecule has 0 aliphatic carbocycles. The molecule has 88 valence electrons. The number of hydrogen-bond acceptors (Lipinski definition) is 2. The van der Waals surface area contributed by atoms with E-state index in [1.54, 1.807) is 27.7 Å². The number of ketones is 1. The van der Waals surface area contributed by atoms with Crippen molar-refractivity contribution in [2.45, 2.75) is 33.8 Å². The Kier molecular flexibility index (Phi) is 3.48. The Morgan fingerprint density at radius 3 is 2.38 bits per heavy atom. The van der Waals surface area contributed by atoms with Crippen molar-refractivity contribution in [1.82, 2.24) is 0 Å². The minimum atomic E-state index is -1.07. The highest BCUT2D eigenvalue weighted by Crippen LogP contribution is 2.23. The second-order valence-corrected chi connectivity index (χ2v) is 5.10. The second-order valence-electron chi connectivity index (χ2n) is 5.10. The predicted molar refractivity (Wildman–Crippen MR) is 60.9 cm³/mol. The number of aliphatic hydroxyl groups excluding tert-OH is 1. The first-order valence-corrected chi connectivity index (χ1v) is 5.22. The normalized spacial score (nSPS) is 13.6. The first-order valence-electron chi connectivity index (χ1n) is 5.22. The summed E-state index contributed by atoms with van der Waals surface area (Å²) in [5.41, 5.74) is 0.243. The predicted octanol–water partition coefficient (Wildman–Crippen LogP) is 2.72. The molecule has 1 N–H and O–H groups in total. The first-order chi connectivity index (χ1) is 7.23. The highest BCUT2D eigenvalue weighted by Gasteiger charge is 2.29. The van der Waals surface area contributed by atoms with E-state index < -0.39 is 11.5 Å². The van der Waals surface area contributed by atoms with E-state index in [2.05, 4.69) is 0 Å². The lowest BCUT2D eigenvalue weighted by atomic mass is 9.84. The van der Waals surface area contributed by atoms with E-state index in [0.717, 1.165) is 0 Å². The summed E-state index contributed by atoms with van der Waals surface area (Å²) in [4.78, 5) is 11.9. The van der Waals surface area contributed by atoms with Crippen LogP contribution < -0.4 is 0 Å². The van der Waals surface area contributed by atoms with Gasteiger partial charge in [0.1, 0.15) is 11.9 Å². The van der Waals surface area contributed by atoms with E-state index in [9.17, 15) is 14.3 Å². The number of carbonyl (C=O) groups excluding carboxylic acids is 1. The highest BCUT2D eigenvalue weighted by molar-refractivity contribution is 5.99. The lowest BCUT2D eigenvalue weighted by molar-refractivity contribution is 0.0442. The molecular weight excluding hydrogens is 207 g/mol. The summed E-state index contributed by atoms with van der Waals surface area (Å²) in [6, 6.07) is 4.12. The molecule has 0 heterocycles. The van der Waals surface area contributed by atoms with Crippen molar-refractivity contribution in [2.75, 3.05) is 0 Å². The molecule has 0 aliphatic heterocycles. The van der Waals surface area contributed by atoms with Crippen LogP contribution in [0.3, 0.4) is 0 Å². The van der Waals surface area contributed by atoms with Crippen molar-refractivity contribution in [2.24, 2.45) is 5.41 Å². The second kappa shape index (κ2) is 4.34. The van der Waals surface area contributed by atoms with Crippen LogP contribution in [0.2, 0.25) is 0 Å². The number of benzene rings is 1. The molecule has 0 bridgehead atoms. The summed E-state index contributed by atoms with van der Waals surface area (Å²) >= 11 is 0. The van der Waals surface area contributed by atoms with Gasteiger partial charge in [-0.2, -0.15) is 0 Å². The van der Waals surface area contributed by atoms with Gasteiger partial charge >= 0.3 is 0 Å². The number of rotatable bonds is 2. The Hall–Kier alpha value is -1.22. The Bertz CT molecular complexity index is 405. The fourth-order valence-corrected chi connectivity index (χ4v) is 1.35. The van der Waals surface area contributed by atoms with Gasteiger partial charge < -0.3 is 5.11 Å². The summed E-state index contributed by atoms with van der Waals surface area (Å²) < 4.78 is 13.0. The summed E-state index contributed by atoms with van der Waals surface area (Å²) in [5, 5.41) is 9.82. The van der Waals surface area contributed by atoms with Crippen LogP contribution in [-0.4, -0.2) is 17.0 Å². The molecule has 0 aliphatic rings. The van der Waals surface area contributed by atoms with Crippen LogP contribution in [0.5, 0.6) is 0 Å². The summed E-state index contributed by atoms with van der Waals surface area (Å²) in [6.45, 7) is 6.94. The Balaban J connectivity index is 3.02. The van der Waals surface area contributed by atoms with Crippen molar-refractivity contribution in [1.29, 1.82) is 0 Å². The van der Waals surface area contributed by atoms with E-state index in [1.165, 1.54) is 18.2 Å². The smallest absolute Gasteiger partial charge is 0.191 e. The Labute approximate surface area is 95.1 Å². The quantitative estimate of drug-likeness (QED) is 0.784. The molecule has 1 aromatic rings. The molecule has 16 heavy (non-hydrogen) atoms. The molecule has 0 saturated heterocycles. The van der Waals surface area contributed by atoms with Gasteiger partial charge in [0.25, 0.3) is 0 Å². The van der Waals surface area contributed by atoms with E-state index in [1.807, 2.05) is 0 Å². The fourth-order valence-electron chi connectivity index (χ4n) is 1.35. The van der Waals surface area contributed by atoms with Gasteiger partial charge in [0.05, 0.1) is 0 Å². The third-order valence-electron chi connectivity index (χ3n) is 2.51. The monoisotopic (exact) mass is 224 g/mol. The van der Waals surface area contributed by atoms with Gasteiger partial charge in [-0.3, -0.25) is 4.79 Å². The minimum Gasteiger partial charge on any atom is -0.384 e. The molecule has 0 saturated carbocycles. The van der Waals surface area contributed by atoms with E-state index in [4.69, 9.17) is 0 Å². The van der Waals surface area contributed by atoms with Gasteiger partial charge in [0.15, 0.2) is 5.78 Å². The lowest BCUT2D eigenvalue weighted by Crippen LogP contribution is -2.34. The van der Waals surface area contributed by atoms with Crippen LogP contribution in [-0.2, 0) is 0 Å². The molecule has 3 heteroatoms. The van der Waals surface area contributed by atoms with E-state index in [-0.39, 0.29) is 11.6 Å². The SMILES string of the molecule is Cc1cc(C(=O)C(O)C(C)(C)C)ccc1F. The molecular formula is C13H17FO2. The molecule has 0 amide bonds. The first kappa shape index (κ1) is 12.8. The van der Waals surface area contributed by atoms with Gasteiger partial charge in [-0.05, 0) is 36.1 Å². The summed E-state index contributed by atoms with van der Waals surface area (Å²) in [7, 11) is 0. The molecule has 0 spiro atoms. The van der Waals surface area contributed by atoms with Crippen LogP contribution in [0.25, 0.3) is 0 Å². The van der Waals surface area contributed by atoms with Crippen molar-refractivity contribution in [3.63, 3.8) is 0 Å². The highest BCUT2D eigenvalue weighted by atomic mass is 19.1. The molecule has 1 aromatic carbocycles. The maximum atomic E-state index is 13.0. The maximum Gasteiger partial charge on any atom is 0.191 e. The van der Waals surface area contributed by atoms with Crippen LogP contribution >= 0.6 is 0 Å². The third kappa shape index (κ3) is 2.67. The molecule has 1 atom stereocenters. The number of carbonyl (C=O) groups is 1. The molecule has 0 fully saturated rings. The largest absolute Gasteiger partial charge is 0.384 e. The van der Waals surface area contributed by atoms with Gasteiger partial charge in [0, 0.05) is 5.56 Å². The zero-order chi connectivity index (χ0) is 12.5. The summed E-state index contributed by atoms with van der Waals surface area (Å²) in [6.07, 6.45) is -1.07. The van der Waals surface area contributed by atoms with Crippen LogP contribution in [0.4, 0.5) is 4.39 Å². The van der Waals surface area contributed by atoms with Crippen LogP contribution in [0.1, 0.15) is 36.7 Å². The average molecular weight is 224 g/mol. The number of aliphatic hydroxyl groups is 1. The average Bonchev–Trinajstić information content (AvgIpc) is 2.18. The Morgan fingerprint density at radius 2 is 1.94 bits per heavy atom. The van der Waals surface area contributed by atoms with Gasteiger partial charge in [-0.1, -0.05) is 20.8 Å². The van der Waals surface area contributed by atoms with Gasteiger partial charge in [0.2, 0.25) is 0 Å². The van der Waals surface area contributed by atoms with Crippen molar-refractivity contribution < 1.29 is 14.3 Å². The lowest BCUT2D eigenvalue weighted by Gasteiger charge is -2.24. The van der Waals surface area contributed by atoms with Crippen molar-refractivity contribution in [3.8, 4) is 0 Å². The molecule has 2 nitrogen and oxygen atoms in total. The molecule has 0 aromatic heterocycles. The number of aryl methyl sites for hydroxylation is 1. The number of hydrogen-bond donors (Lipinski definition) is 1. The van der Waals surface area contributed by atoms with E-state index >= 15 is 0 Å². The molecule has 1 rings (SSSR count). The number of halogens is 1. The maximum absolute atomic E-state index is 13.0. The zero-order valence-electron chi connectivity index (χ0n) is 10.0. The zero-order valence-corrected chi connectivity index (χ0v) is 10.0. The molecule has 0 radical (unpaired) electrons. The minimum absolute atomic E-state index is 0.346. The number of Topliss-reactive ketones (excluding diaryl/α,β-unsaturated/α-hetero) is 1.